The van der Waals surface area contributed by atoms with E-state index in [-0.39, 0.29) is 60.4 Å². The summed E-state index contributed by atoms with van der Waals surface area (Å²) in [4.78, 5) is 64.2. The van der Waals surface area contributed by atoms with Gasteiger partial charge in [-0.3, -0.25) is 24.1 Å². The number of azide groups is 1. The van der Waals surface area contributed by atoms with Crippen LogP contribution in [0.5, 0.6) is 0 Å². The molecule has 0 bridgehead atoms. The first-order valence-corrected chi connectivity index (χ1v) is 21.6. The Labute approximate surface area is 354 Å². The maximum absolute atomic E-state index is 14.3. The average Bonchev–Trinajstić information content (AvgIpc) is 3.68. The number of likely N-dealkylation sites (N-methyl/N-ethyl adjacent to an activating group) is 2. The van der Waals surface area contributed by atoms with Crippen LogP contribution in [0.3, 0.4) is 0 Å². The molecule has 0 aromatic heterocycles. The van der Waals surface area contributed by atoms with Gasteiger partial charge in [0.25, 0.3) is 0 Å². The minimum absolute atomic E-state index is 0.0191. The molecule has 3 N–H and O–H groups in total. The highest BCUT2D eigenvalue weighted by Crippen LogP contribution is 2.30. The largest absolute Gasteiger partial charge is 0.383 e. The van der Waals surface area contributed by atoms with E-state index in [9.17, 15) is 19.2 Å². The first-order chi connectivity index (χ1) is 27.9. The molecule has 1 aliphatic heterocycles. The van der Waals surface area contributed by atoms with Crippen LogP contribution in [0.2, 0.25) is 0 Å². The number of amides is 4. The third kappa shape index (κ3) is 14.7. The van der Waals surface area contributed by atoms with Crippen molar-refractivity contribution in [2.24, 2.45) is 28.8 Å². The number of ether oxygens (including phenoxy) is 2. The van der Waals surface area contributed by atoms with Gasteiger partial charge in [-0.05, 0) is 87.7 Å². The number of likely N-dealkylation sites (tertiary alicyclic amines) is 1. The average molecular weight is 828 g/mol. The zero-order valence-electron chi connectivity index (χ0n) is 38.5. The monoisotopic (exact) mass is 828 g/mol. The number of nitrogens with one attached hydrogen (secondary N) is 3. The molecule has 59 heavy (non-hydrogen) atoms. The van der Waals surface area contributed by atoms with E-state index >= 15 is 0 Å². The van der Waals surface area contributed by atoms with Crippen molar-refractivity contribution in [3.63, 3.8) is 0 Å². The summed E-state index contributed by atoms with van der Waals surface area (Å²) < 4.78 is 12.0. The molecule has 0 spiro atoms. The Balaban J connectivity index is 2.27. The second-order valence-electron chi connectivity index (χ2n) is 17.4. The lowest BCUT2D eigenvalue weighted by atomic mass is 9.89. The van der Waals surface area contributed by atoms with Crippen LogP contribution < -0.4 is 16.0 Å². The number of hydrogen-bond donors (Lipinski definition) is 3. The predicted octanol–water partition coefficient (Wildman–Crippen LogP) is 5.88. The number of benzene rings is 1. The molecule has 0 aliphatic carbocycles. The molecule has 1 aromatic rings. The smallest absolute Gasteiger partial charge is 0.245 e. The Morgan fingerprint density at radius 3 is 2.07 bits per heavy atom. The molecule has 1 heterocycles. The highest BCUT2D eigenvalue weighted by molar-refractivity contribution is 5.90. The van der Waals surface area contributed by atoms with Crippen LogP contribution in [0.4, 0.5) is 5.69 Å². The van der Waals surface area contributed by atoms with Crippen molar-refractivity contribution in [2.45, 2.75) is 149 Å². The van der Waals surface area contributed by atoms with E-state index in [0.29, 0.717) is 25.4 Å². The second kappa shape index (κ2) is 25.0. The number of hydrogen-bond acceptors (Lipinski definition) is 9. The molecule has 1 unspecified atom stereocenters. The molecule has 2 rings (SSSR count). The van der Waals surface area contributed by atoms with Crippen LogP contribution in [0.1, 0.15) is 100.0 Å². The summed E-state index contributed by atoms with van der Waals surface area (Å²) >= 11 is 0. The summed E-state index contributed by atoms with van der Waals surface area (Å²) in [6.45, 7) is 18.5. The Bertz CT molecular complexity index is 1510. The Morgan fingerprint density at radius 2 is 1.56 bits per heavy atom. The summed E-state index contributed by atoms with van der Waals surface area (Å²) in [5.74, 6) is -1.64. The van der Waals surface area contributed by atoms with Gasteiger partial charge >= 0.3 is 0 Å². The number of carbonyl (C=O) groups is 4. The number of rotatable bonds is 25. The van der Waals surface area contributed by atoms with E-state index in [2.05, 4.69) is 39.8 Å². The third-order valence-corrected chi connectivity index (χ3v) is 12.1. The maximum atomic E-state index is 14.3. The highest BCUT2D eigenvalue weighted by atomic mass is 16.5. The molecule has 0 radical (unpaired) electrons. The zero-order valence-corrected chi connectivity index (χ0v) is 38.5. The molecule has 1 saturated heterocycles. The molecular formula is C44H77N9O6. The van der Waals surface area contributed by atoms with Gasteiger partial charge in [0.15, 0.2) is 0 Å². The molecular weight excluding hydrogens is 751 g/mol. The van der Waals surface area contributed by atoms with Crippen molar-refractivity contribution in [1.29, 1.82) is 0 Å². The fourth-order valence-electron chi connectivity index (χ4n) is 8.45. The van der Waals surface area contributed by atoms with E-state index in [0.717, 1.165) is 30.5 Å². The van der Waals surface area contributed by atoms with Crippen LogP contribution in [0.15, 0.2) is 29.4 Å². The third-order valence-electron chi connectivity index (χ3n) is 12.1. The number of carbonyl (C=O) groups excluding carboxylic acids is 4. The van der Waals surface area contributed by atoms with Gasteiger partial charge < -0.3 is 35.2 Å². The Hall–Kier alpha value is -3.91. The van der Waals surface area contributed by atoms with Gasteiger partial charge in [0.2, 0.25) is 23.6 Å². The van der Waals surface area contributed by atoms with Crippen LogP contribution in [0, 0.1) is 23.7 Å². The van der Waals surface area contributed by atoms with Crippen molar-refractivity contribution in [2.75, 3.05) is 53.8 Å². The van der Waals surface area contributed by atoms with E-state index in [1.807, 2.05) is 84.8 Å². The minimum Gasteiger partial charge on any atom is -0.383 e. The van der Waals surface area contributed by atoms with Gasteiger partial charge in [-0.2, -0.15) is 0 Å². The lowest BCUT2D eigenvalue weighted by Crippen LogP contribution is -2.59. The van der Waals surface area contributed by atoms with Crippen molar-refractivity contribution in [1.82, 2.24) is 25.3 Å². The summed E-state index contributed by atoms with van der Waals surface area (Å²) in [6, 6.07) is 5.94. The van der Waals surface area contributed by atoms with Gasteiger partial charge in [-0.1, -0.05) is 79.1 Å². The highest BCUT2D eigenvalue weighted by Gasteiger charge is 2.43. The number of nitrogens with zero attached hydrogens (tertiary/aromatic N) is 6. The van der Waals surface area contributed by atoms with Gasteiger partial charge in [0, 0.05) is 57.0 Å². The number of anilines is 1. The summed E-state index contributed by atoms with van der Waals surface area (Å²) in [7, 11) is 8.57. The fraction of sp³-hybridized carbons (Fsp3) is 0.773. The van der Waals surface area contributed by atoms with E-state index in [1.165, 1.54) is 0 Å². The lowest BCUT2D eigenvalue weighted by molar-refractivity contribution is -0.148. The molecule has 10 atom stereocenters. The topological polar surface area (TPSA) is 181 Å². The molecule has 1 fully saturated rings. The Morgan fingerprint density at radius 1 is 0.915 bits per heavy atom. The summed E-state index contributed by atoms with van der Waals surface area (Å²) in [5, 5.41) is 13.4. The van der Waals surface area contributed by atoms with Gasteiger partial charge in [-0.25, -0.2) is 0 Å². The number of methoxy groups -OCH3 is 2. The van der Waals surface area contributed by atoms with Crippen LogP contribution >= 0.6 is 0 Å². The van der Waals surface area contributed by atoms with Crippen LogP contribution in [-0.2, 0) is 35.1 Å². The van der Waals surface area contributed by atoms with Crippen molar-refractivity contribution < 1.29 is 28.7 Å². The molecule has 15 heteroatoms. The minimum atomic E-state index is -0.768. The quantitative estimate of drug-likeness (QED) is 0.0621. The maximum Gasteiger partial charge on any atom is 0.245 e. The van der Waals surface area contributed by atoms with Crippen molar-refractivity contribution >= 4 is 29.3 Å². The molecule has 1 aromatic carbocycles. The molecule has 1 aliphatic rings. The molecule has 0 saturated carbocycles. The molecule has 15 nitrogen and oxygen atoms in total. The van der Waals surface area contributed by atoms with Gasteiger partial charge in [0.05, 0.1) is 42.7 Å². The second-order valence-corrected chi connectivity index (χ2v) is 17.4. The van der Waals surface area contributed by atoms with E-state index in [1.54, 1.807) is 38.0 Å². The molecule has 334 valence electrons. The summed E-state index contributed by atoms with van der Waals surface area (Å²) in [5.41, 5.74) is 11.1. The normalized spacial score (nSPS) is 18.9. The van der Waals surface area contributed by atoms with Crippen LogP contribution in [0.25, 0.3) is 10.4 Å². The van der Waals surface area contributed by atoms with E-state index in [4.69, 9.17) is 15.0 Å². The summed E-state index contributed by atoms with van der Waals surface area (Å²) in [6.07, 6.45) is 2.39. The lowest BCUT2D eigenvalue weighted by Gasteiger charge is -2.41. The van der Waals surface area contributed by atoms with Gasteiger partial charge in [0.1, 0.15) is 6.04 Å². The first kappa shape index (κ1) is 51.2. The van der Waals surface area contributed by atoms with Crippen LogP contribution in [-0.4, -0.2) is 135 Å². The SMILES string of the molecule is CCC(C)Nc1ccc(C[C@@H](CN=[N+]=[N-])NC(=O)[C@H](C)[C@@H](OC)[C@@H]2CCCN2C(=O)C[C@@H](OC)[C@H]([C@@H](C)CC)N(C)C(=O)[C@@H](NC(=O)[C@H](C(C)C)N(C)C)C(C)C)cc1. The Kier molecular flexibility index (Phi) is 21.7. The van der Waals surface area contributed by atoms with Crippen molar-refractivity contribution in [3.05, 3.63) is 40.3 Å². The van der Waals surface area contributed by atoms with E-state index < -0.39 is 42.3 Å². The first-order valence-electron chi connectivity index (χ1n) is 21.6. The molecule has 4 amide bonds. The standard InChI is InChI=1S/C44H77N9O6/c1-15-29(7)40(52(12)44(57)38(27(3)4)49-43(56)39(28(5)6)51(10)11)36(58-13)25-37(54)53-23-17-18-35(53)41(59-14)31(9)42(55)48-34(26-46-50-45)24-32-19-21-33(22-20-32)47-30(8)16-2/h19-22,27-31,34-36,38-41,47H,15-18,23-26H2,1-14H3,(H,48,55)(H,49,56)/t29-,30?,31+,34-,35-,36+,38-,39-,40-,41+/m0/s1. The van der Waals surface area contributed by atoms with Gasteiger partial charge in [-0.15, -0.1) is 0 Å². The van der Waals surface area contributed by atoms with Crippen molar-refractivity contribution in [3.8, 4) is 0 Å². The zero-order chi connectivity index (χ0) is 44.6. The fourth-order valence-corrected chi connectivity index (χ4v) is 8.45. The predicted molar refractivity (Wildman–Crippen MR) is 235 cm³/mol.